The maximum absolute atomic E-state index is 12.9. The van der Waals surface area contributed by atoms with Crippen LogP contribution in [0.5, 0.6) is 5.75 Å². The molecule has 0 spiro atoms. The Balaban J connectivity index is 3.36. The molecule has 0 heterocycles. The van der Waals surface area contributed by atoms with E-state index in [-0.39, 0.29) is 0 Å². The van der Waals surface area contributed by atoms with E-state index in [1.807, 2.05) is 0 Å². The van der Waals surface area contributed by atoms with E-state index in [4.69, 9.17) is 10.8 Å². The number of hydrogen-bond donors (Lipinski definition) is 2. The second-order valence-electron chi connectivity index (χ2n) is 2.68. The van der Waals surface area contributed by atoms with Crippen molar-refractivity contribution in [2.45, 2.75) is 6.04 Å². The highest BCUT2D eigenvalue weighted by molar-refractivity contribution is 5.37. The number of rotatable bonds is 2. The summed E-state index contributed by atoms with van der Waals surface area (Å²) in [5, 5.41) is 9.00. The van der Waals surface area contributed by atoms with Gasteiger partial charge in [0.05, 0.1) is 11.6 Å². The van der Waals surface area contributed by atoms with Gasteiger partial charge >= 0.3 is 0 Å². The van der Waals surface area contributed by atoms with Gasteiger partial charge in [-0.1, -0.05) is 0 Å². The molecule has 1 atom stereocenters. The Labute approximate surface area is 77.0 Å². The fourth-order valence-corrected chi connectivity index (χ4v) is 1.03. The molecule has 0 amide bonds. The van der Waals surface area contributed by atoms with E-state index < -0.39 is 41.5 Å². The molecule has 0 saturated carbocycles. The molecule has 6 heteroatoms. The van der Waals surface area contributed by atoms with Gasteiger partial charge in [0.25, 0.3) is 0 Å². The summed E-state index contributed by atoms with van der Waals surface area (Å²) in [6, 6.07) is -1.16. The largest absolute Gasteiger partial charge is 0.507 e. The maximum Gasteiger partial charge on any atom is 0.195 e. The summed E-state index contributed by atoms with van der Waals surface area (Å²) in [6.07, 6.45) is 0. The van der Waals surface area contributed by atoms with Gasteiger partial charge in [0, 0.05) is 6.07 Å². The number of nitrogens with two attached hydrogens (primary N) is 1. The van der Waals surface area contributed by atoms with Crippen LogP contribution in [0.3, 0.4) is 0 Å². The Kier molecular flexibility index (Phi) is 2.95. The Morgan fingerprint density at radius 1 is 1.29 bits per heavy atom. The summed E-state index contributed by atoms with van der Waals surface area (Å²) in [6.45, 7) is -1.18. The standard InChI is InChI=1S/C8H7F4NO/c9-2-4(13)6-5(14)1-3(10)7(11)8(6)12/h1,4,14H,2,13H2/t4-/m1/s1. The summed E-state index contributed by atoms with van der Waals surface area (Å²) in [5.41, 5.74) is 4.29. The van der Waals surface area contributed by atoms with E-state index in [0.717, 1.165) is 0 Å². The van der Waals surface area contributed by atoms with Gasteiger partial charge in [-0.2, -0.15) is 0 Å². The molecule has 0 aliphatic carbocycles. The molecule has 3 N–H and O–H groups in total. The van der Waals surface area contributed by atoms with Crippen LogP contribution in [0.2, 0.25) is 0 Å². The van der Waals surface area contributed by atoms with Crippen LogP contribution in [-0.2, 0) is 0 Å². The first kappa shape index (κ1) is 10.8. The molecule has 1 aromatic carbocycles. The number of hydrogen-bond acceptors (Lipinski definition) is 2. The zero-order chi connectivity index (χ0) is 10.9. The molecular weight excluding hydrogens is 202 g/mol. The van der Waals surface area contributed by atoms with Gasteiger partial charge in [-0.15, -0.1) is 0 Å². The highest BCUT2D eigenvalue weighted by Gasteiger charge is 2.22. The van der Waals surface area contributed by atoms with Crippen LogP contribution >= 0.6 is 0 Å². The molecule has 78 valence electrons. The quantitative estimate of drug-likeness (QED) is 0.576. The average molecular weight is 209 g/mol. The van der Waals surface area contributed by atoms with Gasteiger partial charge in [0.2, 0.25) is 0 Å². The second-order valence-corrected chi connectivity index (χ2v) is 2.68. The number of alkyl halides is 1. The summed E-state index contributed by atoms with van der Waals surface area (Å²) < 4.78 is 50.1. The lowest BCUT2D eigenvalue weighted by Gasteiger charge is -2.11. The van der Waals surface area contributed by atoms with Crippen LogP contribution in [0.15, 0.2) is 6.07 Å². The Hall–Kier alpha value is -1.30. The lowest BCUT2D eigenvalue weighted by atomic mass is 10.1. The fraction of sp³-hybridized carbons (Fsp3) is 0.250. The molecule has 1 aromatic rings. The third kappa shape index (κ3) is 1.65. The third-order valence-corrected chi connectivity index (χ3v) is 1.72. The lowest BCUT2D eigenvalue weighted by molar-refractivity contribution is 0.376. The minimum atomic E-state index is -1.78. The van der Waals surface area contributed by atoms with Crippen LogP contribution in [0, 0.1) is 17.5 Å². The number of aromatic hydroxyl groups is 1. The van der Waals surface area contributed by atoms with Crippen molar-refractivity contribution < 1.29 is 22.7 Å². The summed E-state index contributed by atoms with van der Waals surface area (Å²) in [5.74, 6) is -5.88. The molecule has 2 nitrogen and oxygen atoms in total. The van der Waals surface area contributed by atoms with Crippen molar-refractivity contribution in [3.8, 4) is 5.75 Å². The predicted octanol–water partition coefficient (Wildman–Crippen LogP) is 1.78. The molecule has 0 fully saturated rings. The van der Waals surface area contributed by atoms with Crippen molar-refractivity contribution in [2.75, 3.05) is 6.67 Å². The maximum atomic E-state index is 12.9. The van der Waals surface area contributed by atoms with Crippen molar-refractivity contribution in [3.05, 3.63) is 29.1 Å². The molecule has 0 aliphatic heterocycles. The zero-order valence-corrected chi connectivity index (χ0v) is 6.90. The van der Waals surface area contributed by atoms with Gasteiger partial charge in [-0.25, -0.2) is 17.6 Å². The van der Waals surface area contributed by atoms with E-state index >= 15 is 0 Å². The second kappa shape index (κ2) is 3.83. The van der Waals surface area contributed by atoms with Gasteiger partial charge < -0.3 is 10.8 Å². The normalized spacial score (nSPS) is 12.9. The summed E-state index contributed by atoms with van der Waals surface area (Å²) in [4.78, 5) is 0. The monoisotopic (exact) mass is 209 g/mol. The SMILES string of the molecule is N[C@H](CF)c1c(O)cc(F)c(F)c1F. The Bertz CT molecular complexity index is 356. The number of phenolic OH excluding ortho intramolecular Hbond substituents is 1. The van der Waals surface area contributed by atoms with E-state index in [0.29, 0.717) is 6.07 Å². The highest BCUT2D eigenvalue weighted by atomic mass is 19.2. The molecule has 0 unspecified atom stereocenters. The van der Waals surface area contributed by atoms with Crippen molar-refractivity contribution in [1.29, 1.82) is 0 Å². The topological polar surface area (TPSA) is 46.2 Å². The van der Waals surface area contributed by atoms with E-state index in [1.54, 1.807) is 0 Å². The van der Waals surface area contributed by atoms with Crippen LogP contribution in [0.4, 0.5) is 17.6 Å². The summed E-state index contributed by atoms with van der Waals surface area (Å²) in [7, 11) is 0. The van der Waals surface area contributed by atoms with Gasteiger partial charge in [0.15, 0.2) is 17.5 Å². The lowest BCUT2D eigenvalue weighted by Crippen LogP contribution is -2.15. The molecule has 0 saturated heterocycles. The van der Waals surface area contributed by atoms with Crippen LogP contribution in [0.1, 0.15) is 11.6 Å². The first-order valence-corrected chi connectivity index (χ1v) is 3.67. The third-order valence-electron chi connectivity index (χ3n) is 1.72. The first-order chi connectivity index (χ1) is 6.49. The van der Waals surface area contributed by atoms with Crippen molar-refractivity contribution in [1.82, 2.24) is 0 Å². The average Bonchev–Trinajstić information content (AvgIpc) is 2.14. The molecule has 14 heavy (non-hydrogen) atoms. The number of benzene rings is 1. The highest BCUT2D eigenvalue weighted by Crippen LogP contribution is 2.29. The molecular formula is C8H7F4NO. The minimum Gasteiger partial charge on any atom is -0.507 e. The Morgan fingerprint density at radius 3 is 2.36 bits per heavy atom. The zero-order valence-electron chi connectivity index (χ0n) is 6.90. The van der Waals surface area contributed by atoms with E-state index in [9.17, 15) is 17.6 Å². The van der Waals surface area contributed by atoms with Gasteiger partial charge in [-0.3, -0.25) is 0 Å². The molecule has 1 rings (SSSR count). The van der Waals surface area contributed by atoms with Crippen molar-refractivity contribution >= 4 is 0 Å². The van der Waals surface area contributed by atoms with Crippen LogP contribution in [0.25, 0.3) is 0 Å². The molecule has 0 aliphatic rings. The van der Waals surface area contributed by atoms with Crippen LogP contribution in [-0.4, -0.2) is 11.8 Å². The smallest absolute Gasteiger partial charge is 0.195 e. The number of phenols is 1. The van der Waals surface area contributed by atoms with Gasteiger partial charge in [-0.05, 0) is 0 Å². The molecule has 0 radical (unpaired) electrons. The minimum absolute atomic E-state index is 0.350. The van der Waals surface area contributed by atoms with Crippen LogP contribution < -0.4 is 5.73 Å². The molecule has 0 bridgehead atoms. The van der Waals surface area contributed by atoms with Crippen molar-refractivity contribution in [2.24, 2.45) is 5.73 Å². The Morgan fingerprint density at radius 2 is 1.86 bits per heavy atom. The molecule has 0 aromatic heterocycles. The fourth-order valence-electron chi connectivity index (χ4n) is 1.03. The summed E-state index contributed by atoms with van der Waals surface area (Å²) >= 11 is 0. The predicted molar refractivity (Wildman–Crippen MR) is 40.9 cm³/mol. The first-order valence-electron chi connectivity index (χ1n) is 3.67. The van der Waals surface area contributed by atoms with Crippen molar-refractivity contribution in [3.63, 3.8) is 0 Å². The van der Waals surface area contributed by atoms with E-state index in [2.05, 4.69) is 0 Å². The van der Waals surface area contributed by atoms with Gasteiger partial charge in [0.1, 0.15) is 12.4 Å². The van der Waals surface area contributed by atoms with E-state index in [1.165, 1.54) is 0 Å². The number of halogens is 4.